The molecule has 12 aromatic rings. The maximum atomic E-state index is 2.47. The van der Waals surface area contributed by atoms with Crippen LogP contribution in [0.5, 0.6) is 0 Å². The Labute approximate surface area is 441 Å². The van der Waals surface area contributed by atoms with E-state index < -0.39 is 0 Å². The molecule has 0 bridgehead atoms. The summed E-state index contributed by atoms with van der Waals surface area (Å²) in [5.41, 5.74) is 16.5. The fourth-order valence-corrected chi connectivity index (χ4v) is 13.0. The van der Waals surface area contributed by atoms with E-state index in [-0.39, 0.29) is 0 Å². The predicted octanol–water partition coefficient (Wildman–Crippen LogP) is 20.9. The summed E-state index contributed by atoms with van der Waals surface area (Å²) in [6.07, 6.45) is 3.40. The Balaban J connectivity index is 1.07. The maximum absolute atomic E-state index is 2.47. The van der Waals surface area contributed by atoms with Crippen LogP contribution in [0.4, 0.5) is 34.1 Å². The molecule has 1 aliphatic rings. The molecule has 0 aliphatic carbocycles. The van der Waals surface area contributed by atoms with Gasteiger partial charge in [-0.3, -0.25) is 0 Å². The van der Waals surface area contributed by atoms with E-state index in [4.69, 9.17) is 0 Å². The third kappa shape index (κ3) is 8.79. The molecule has 1 atom stereocenters. The van der Waals surface area contributed by atoms with Crippen LogP contribution in [0.1, 0.15) is 22.8 Å². The molecule has 0 radical (unpaired) electrons. The molecule has 352 valence electrons. The molecule has 0 saturated carbocycles. The molecule has 0 fully saturated rings. The van der Waals surface area contributed by atoms with Gasteiger partial charge in [0, 0.05) is 54.0 Å². The van der Waals surface area contributed by atoms with Gasteiger partial charge in [-0.2, -0.15) is 0 Å². The number of benzene rings is 11. The number of thioether (sulfide) groups is 1. The molecular formula is C70H50N2S2. The van der Waals surface area contributed by atoms with Crippen LogP contribution < -0.4 is 9.80 Å². The van der Waals surface area contributed by atoms with E-state index in [1.807, 2.05) is 23.1 Å². The zero-order valence-corrected chi connectivity index (χ0v) is 42.3. The maximum Gasteiger partial charge on any atom is 0.0468 e. The van der Waals surface area contributed by atoms with Crippen molar-refractivity contribution >= 4 is 83.7 Å². The Hall–Kier alpha value is -8.67. The molecule has 1 aromatic heterocycles. The largest absolute Gasteiger partial charge is 0.310 e. The number of anilines is 6. The molecule has 0 saturated heterocycles. The summed E-state index contributed by atoms with van der Waals surface area (Å²) in [4.78, 5) is 8.62. The lowest BCUT2D eigenvalue weighted by Crippen LogP contribution is -2.10. The smallest absolute Gasteiger partial charge is 0.0468 e. The monoisotopic (exact) mass is 982 g/mol. The Morgan fingerprint density at radius 1 is 0.297 bits per heavy atom. The zero-order valence-electron chi connectivity index (χ0n) is 40.6. The van der Waals surface area contributed by atoms with Gasteiger partial charge in [0.2, 0.25) is 0 Å². The average molecular weight is 983 g/mol. The number of thiophene rings is 1. The predicted molar refractivity (Wildman–Crippen MR) is 320 cm³/mol. The van der Waals surface area contributed by atoms with E-state index in [0.717, 1.165) is 40.5 Å². The van der Waals surface area contributed by atoms with Gasteiger partial charge in [0.1, 0.15) is 0 Å². The zero-order chi connectivity index (χ0) is 49.2. The Kier molecular flexibility index (Phi) is 12.3. The van der Waals surface area contributed by atoms with E-state index in [2.05, 4.69) is 295 Å². The molecule has 11 aromatic carbocycles. The summed E-state index contributed by atoms with van der Waals surface area (Å²) < 4.78 is 0. The number of allylic oxidation sites excluding steroid dienone is 1. The van der Waals surface area contributed by atoms with Crippen molar-refractivity contribution in [1.29, 1.82) is 0 Å². The van der Waals surface area contributed by atoms with Gasteiger partial charge in [0.25, 0.3) is 0 Å². The quantitative estimate of drug-likeness (QED) is 0.113. The van der Waals surface area contributed by atoms with Gasteiger partial charge in [-0.25, -0.2) is 0 Å². The van der Waals surface area contributed by atoms with Crippen molar-refractivity contribution in [1.82, 2.24) is 0 Å². The lowest BCUT2D eigenvalue weighted by molar-refractivity contribution is 0.991. The van der Waals surface area contributed by atoms with Crippen molar-refractivity contribution in [3.05, 3.63) is 296 Å². The second-order valence-electron chi connectivity index (χ2n) is 18.7. The summed E-state index contributed by atoms with van der Waals surface area (Å²) in [7, 11) is 0. The molecule has 4 heteroatoms. The number of hydrogen-bond donors (Lipinski definition) is 0. The topological polar surface area (TPSA) is 6.48 Å². The number of para-hydroxylation sites is 4. The molecule has 2 heterocycles. The van der Waals surface area contributed by atoms with Gasteiger partial charge in [0.05, 0.1) is 0 Å². The molecular weight excluding hydrogens is 933 g/mol. The van der Waals surface area contributed by atoms with Crippen LogP contribution in [-0.2, 0) is 0 Å². The van der Waals surface area contributed by atoms with Crippen LogP contribution in [0.15, 0.2) is 285 Å². The van der Waals surface area contributed by atoms with Crippen molar-refractivity contribution < 1.29 is 0 Å². The van der Waals surface area contributed by atoms with E-state index >= 15 is 0 Å². The Morgan fingerprint density at radius 2 is 0.703 bits per heavy atom. The van der Waals surface area contributed by atoms with Gasteiger partial charge in [0.15, 0.2) is 0 Å². The third-order valence-electron chi connectivity index (χ3n) is 14.1. The van der Waals surface area contributed by atoms with E-state index in [9.17, 15) is 0 Å². The second kappa shape index (κ2) is 20.1. The van der Waals surface area contributed by atoms with Gasteiger partial charge >= 0.3 is 0 Å². The highest BCUT2D eigenvalue weighted by Gasteiger charge is 2.25. The van der Waals surface area contributed by atoms with Crippen molar-refractivity contribution in [2.45, 2.75) is 11.7 Å². The number of fused-ring (bicyclic) bond motifs is 2. The van der Waals surface area contributed by atoms with Crippen molar-refractivity contribution in [2.75, 3.05) is 9.80 Å². The normalized spacial score (nSPS) is 13.2. The standard InChI is InChI=1S/C70H50N2S2/c1-7-21-49(22-8-1)65-41-43-67(73-65)51-25-19-27-53(45-51)69-61-39-37-60(72(57-33-15-5-16-34-57)58-35-17-6-18-36-58)48-64(61)70(54-28-20-26-52(46-54)68-44-42-66(74-68)50-23-9-2-10-24-50)62-40-38-59(47-63(62)69)71(55-29-11-3-12-30-55)56-31-13-4-14-32-56/h1-43,45-48,68H,44H2. The molecule has 1 aliphatic heterocycles. The van der Waals surface area contributed by atoms with Crippen LogP contribution >= 0.6 is 23.1 Å². The van der Waals surface area contributed by atoms with Gasteiger partial charge in [-0.15, -0.1) is 23.1 Å². The first-order valence-corrected chi connectivity index (χ1v) is 27.0. The number of hydrogen-bond acceptors (Lipinski definition) is 4. The average Bonchev–Trinajstić information content (AvgIpc) is 4.22. The molecule has 1 unspecified atom stereocenters. The minimum Gasteiger partial charge on any atom is -0.310 e. The van der Waals surface area contributed by atoms with Crippen LogP contribution in [0.25, 0.3) is 69.6 Å². The fraction of sp³-hybridized carbons (Fsp3) is 0.0286. The van der Waals surface area contributed by atoms with Gasteiger partial charge in [-0.05, 0) is 170 Å². The molecule has 13 rings (SSSR count). The van der Waals surface area contributed by atoms with Crippen LogP contribution in [0, 0.1) is 0 Å². The minimum absolute atomic E-state index is 0.309. The fourth-order valence-electron chi connectivity index (χ4n) is 10.7. The first-order chi connectivity index (χ1) is 36.7. The molecule has 74 heavy (non-hydrogen) atoms. The molecule has 0 amide bonds. The summed E-state index contributed by atoms with van der Waals surface area (Å²) in [5.74, 6) is 0. The molecule has 0 spiro atoms. The molecule has 0 N–H and O–H groups in total. The lowest BCUT2D eigenvalue weighted by Gasteiger charge is -2.28. The number of nitrogens with zero attached hydrogens (tertiary/aromatic N) is 2. The SMILES string of the molecule is C1=C(c2ccccc2)SC(c2cccc(-c3c4ccc(N(c5ccccc5)c5ccccc5)cc4c(-c4cccc(-c5ccc(-c6ccccc6)s5)c4)c4ccc(N(c5ccccc5)c5ccccc5)cc34)c2)C1. The van der Waals surface area contributed by atoms with Crippen molar-refractivity contribution in [2.24, 2.45) is 0 Å². The van der Waals surface area contributed by atoms with E-state index in [0.29, 0.717) is 5.25 Å². The van der Waals surface area contributed by atoms with E-state index in [1.165, 1.54) is 80.7 Å². The summed E-state index contributed by atoms with van der Waals surface area (Å²) in [5, 5.41) is 5.10. The summed E-state index contributed by atoms with van der Waals surface area (Å²) in [6, 6.07) is 102. The highest BCUT2D eigenvalue weighted by Crippen LogP contribution is 2.52. The summed E-state index contributed by atoms with van der Waals surface area (Å²) >= 11 is 3.82. The lowest BCUT2D eigenvalue weighted by atomic mass is 9.84. The highest BCUT2D eigenvalue weighted by molar-refractivity contribution is 8.08. The number of rotatable bonds is 12. The Bertz CT molecular complexity index is 3870. The van der Waals surface area contributed by atoms with Crippen LogP contribution in [0.3, 0.4) is 0 Å². The van der Waals surface area contributed by atoms with Crippen molar-refractivity contribution in [3.8, 4) is 43.1 Å². The van der Waals surface area contributed by atoms with Gasteiger partial charge in [-0.1, -0.05) is 188 Å². The van der Waals surface area contributed by atoms with Crippen LogP contribution in [-0.4, -0.2) is 0 Å². The first kappa shape index (κ1) is 45.2. The minimum atomic E-state index is 0.309. The highest BCUT2D eigenvalue weighted by atomic mass is 32.2. The molecule has 2 nitrogen and oxygen atoms in total. The first-order valence-electron chi connectivity index (χ1n) is 25.3. The Morgan fingerprint density at radius 3 is 1.20 bits per heavy atom. The van der Waals surface area contributed by atoms with Gasteiger partial charge < -0.3 is 9.80 Å². The second-order valence-corrected chi connectivity index (χ2v) is 21.1. The van der Waals surface area contributed by atoms with E-state index in [1.54, 1.807) is 0 Å². The van der Waals surface area contributed by atoms with Crippen LogP contribution in [0.2, 0.25) is 0 Å². The third-order valence-corrected chi connectivity index (χ3v) is 16.7. The summed E-state index contributed by atoms with van der Waals surface area (Å²) in [6.45, 7) is 0. The van der Waals surface area contributed by atoms with Crippen molar-refractivity contribution in [3.63, 3.8) is 0 Å².